The Labute approximate surface area is 144 Å². The van der Waals surface area contributed by atoms with Crippen LogP contribution >= 0.6 is 0 Å². The minimum Gasteiger partial charge on any atom is -0.360 e. The van der Waals surface area contributed by atoms with Gasteiger partial charge in [0.25, 0.3) is 0 Å². The first-order valence-electron chi connectivity index (χ1n) is 8.77. The molecule has 0 unspecified atom stereocenters. The lowest BCUT2D eigenvalue weighted by Gasteiger charge is -2.49. The molecule has 2 heteroatoms. The molecular formula is C22H25NO. The molecule has 0 N–H and O–H groups in total. The Morgan fingerprint density at radius 1 is 0.917 bits per heavy atom. The average molecular weight is 319 g/mol. The molecule has 1 fully saturated rings. The summed E-state index contributed by atoms with van der Waals surface area (Å²) < 4.78 is 0. The number of Topliss-reactive ketones (excluding diaryl/α,β-unsaturated/α-hetero) is 1. The fourth-order valence-electron chi connectivity index (χ4n) is 5.09. The van der Waals surface area contributed by atoms with Gasteiger partial charge in [-0.05, 0) is 24.1 Å². The third-order valence-corrected chi connectivity index (χ3v) is 7.02. The first kappa shape index (κ1) is 15.4. The van der Waals surface area contributed by atoms with Gasteiger partial charge in [-0.2, -0.15) is 0 Å². The van der Waals surface area contributed by atoms with Gasteiger partial charge in [0.15, 0.2) is 0 Å². The Balaban J connectivity index is 1.92. The lowest BCUT2D eigenvalue weighted by atomic mass is 9.64. The van der Waals surface area contributed by atoms with Crippen molar-refractivity contribution in [3.8, 4) is 0 Å². The van der Waals surface area contributed by atoms with Gasteiger partial charge in [0.1, 0.15) is 5.78 Å². The van der Waals surface area contributed by atoms with Crippen LogP contribution in [0.5, 0.6) is 0 Å². The summed E-state index contributed by atoms with van der Waals surface area (Å²) in [6.45, 7) is 9.67. The standard InChI is InChI=1S/C22H25NO/c1-20(2)19(24)14-21(3)17-12-8-9-13-18(17)23(22(20,21)4)15-16-10-6-5-7-11-16/h5-13H,14-15H2,1-4H3/t21-,22-/m0/s1. The molecule has 1 aliphatic carbocycles. The minimum absolute atomic E-state index is 0.140. The second kappa shape index (κ2) is 4.72. The van der Waals surface area contributed by atoms with Gasteiger partial charge in [0.05, 0.1) is 5.54 Å². The summed E-state index contributed by atoms with van der Waals surface area (Å²) in [5.41, 5.74) is 3.15. The molecule has 24 heavy (non-hydrogen) atoms. The molecule has 2 atom stereocenters. The maximum atomic E-state index is 12.9. The van der Waals surface area contributed by atoms with Crippen LogP contribution in [0.25, 0.3) is 0 Å². The predicted octanol–water partition coefficient (Wildman–Crippen LogP) is 4.72. The molecule has 1 saturated carbocycles. The molecule has 2 aromatic rings. The Morgan fingerprint density at radius 3 is 2.25 bits per heavy atom. The van der Waals surface area contributed by atoms with Crippen molar-refractivity contribution in [2.24, 2.45) is 5.41 Å². The van der Waals surface area contributed by atoms with Crippen molar-refractivity contribution >= 4 is 11.5 Å². The molecule has 0 bridgehead atoms. The van der Waals surface area contributed by atoms with Crippen LogP contribution in [0, 0.1) is 5.41 Å². The van der Waals surface area contributed by atoms with E-state index in [1.807, 2.05) is 0 Å². The molecule has 0 radical (unpaired) electrons. The van der Waals surface area contributed by atoms with E-state index in [9.17, 15) is 4.79 Å². The van der Waals surface area contributed by atoms with E-state index in [4.69, 9.17) is 0 Å². The summed E-state index contributed by atoms with van der Waals surface area (Å²) in [6.07, 6.45) is 0.624. The Hall–Kier alpha value is -2.09. The van der Waals surface area contributed by atoms with Crippen molar-refractivity contribution in [1.29, 1.82) is 0 Å². The SMILES string of the molecule is CC1(C)C(=O)C[C@@]2(C)c3ccccc3N(Cc3ccccc3)[C@@]12C. The van der Waals surface area contributed by atoms with Gasteiger partial charge < -0.3 is 4.90 Å². The monoisotopic (exact) mass is 319 g/mol. The maximum Gasteiger partial charge on any atom is 0.141 e. The maximum absolute atomic E-state index is 12.9. The zero-order valence-corrected chi connectivity index (χ0v) is 15.0. The van der Waals surface area contributed by atoms with Gasteiger partial charge in [-0.15, -0.1) is 0 Å². The summed E-state index contributed by atoms with van der Waals surface area (Å²) in [5, 5.41) is 0. The number of hydrogen-bond donors (Lipinski definition) is 0. The van der Waals surface area contributed by atoms with E-state index in [0.29, 0.717) is 12.2 Å². The van der Waals surface area contributed by atoms with E-state index in [1.165, 1.54) is 16.8 Å². The fraction of sp³-hybridized carbons (Fsp3) is 0.409. The zero-order valence-electron chi connectivity index (χ0n) is 15.0. The van der Waals surface area contributed by atoms with Crippen molar-refractivity contribution in [1.82, 2.24) is 0 Å². The number of hydrogen-bond acceptors (Lipinski definition) is 2. The molecule has 2 aromatic carbocycles. The molecule has 1 heterocycles. The van der Waals surface area contributed by atoms with E-state index < -0.39 is 0 Å². The van der Waals surface area contributed by atoms with Crippen LogP contribution in [0.15, 0.2) is 54.6 Å². The molecule has 0 amide bonds. The number of carbonyl (C=O) groups excluding carboxylic acids is 1. The van der Waals surface area contributed by atoms with Gasteiger partial charge in [0, 0.05) is 29.5 Å². The van der Waals surface area contributed by atoms with Crippen LogP contribution < -0.4 is 4.90 Å². The lowest BCUT2D eigenvalue weighted by molar-refractivity contribution is -0.125. The van der Waals surface area contributed by atoms with E-state index in [0.717, 1.165) is 6.54 Å². The third kappa shape index (κ3) is 1.64. The van der Waals surface area contributed by atoms with Crippen molar-refractivity contribution in [3.63, 3.8) is 0 Å². The number of ketones is 1. The summed E-state index contributed by atoms with van der Waals surface area (Å²) >= 11 is 0. The summed E-state index contributed by atoms with van der Waals surface area (Å²) in [5.74, 6) is 0.375. The number of nitrogens with zero attached hydrogens (tertiary/aromatic N) is 1. The highest BCUT2D eigenvalue weighted by Gasteiger charge is 2.70. The largest absolute Gasteiger partial charge is 0.360 e. The van der Waals surface area contributed by atoms with E-state index in [2.05, 4.69) is 87.2 Å². The molecule has 124 valence electrons. The smallest absolute Gasteiger partial charge is 0.141 e. The Bertz CT molecular complexity index is 810. The van der Waals surface area contributed by atoms with Crippen molar-refractivity contribution in [2.75, 3.05) is 4.90 Å². The highest BCUT2D eigenvalue weighted by molar-refractivity contribution is 5.94. The van der Waals surface area contributed by atoms with Crippen LogP contribution in [0.3, 0.4) is 0 Å². The van der Waals surface area contributed by atoms with E-state index in [1.54, 1.807) is 0 Å². The lowest BCUT2D eigenvalue weighted by Crippen LogP contribution is -2.59. The number of para-hydroxylation sites is 1. The molecule has 0 aromatic heterocycles. The van der Waals surface area contributed by atoms with E-state index in [-0.39, 0.29) is 16.4 Å². The molecule has 2 nitrogen and oxygen atoms in total. The highest BCUT2D eigenvalue weighted by atomic mass is 16.1. The number of rotatable bonds is 2. The third-order valence-electron chi connectivity index (χ3n) is 7.02. The van der Waals surface area contributed by atoms with Crippen LogP contribution in [0.4, 0.5) is 5.69 Å². The number of benzene rings is 2. The average Bonchev–Trinajstić information content (AvgIpc) is 2.84. The van der Waals surface area contributed by atoms with Crippen molar-refractivity contribution in [3.05, 3.63) is 65.7 Å². The topological polar surface area (TPSA) is 20.3 Å². The molecule has 0 spiro atoms. The second-order valence-electron chi connectivity index (χ2n) is 8.22. The van der Waals surface area contributed by atoms with Gasteiger partial charge in [0.2, 0.25) is 0 Å². The molecule has 0 saturated heterocycles. The molecule has 1 aliphatic heterocycles. The summed E-state index contributed by atoms with van der Waals surface area (Å²) in [6, 6.07) is 19.2. The second-order valence-corrected chi connectivity index (χ2v) is 8.22. The molecule has 2 aliphatic rings. The van der Waals surface area contributed by atoms with E-state index >= 15 is 0 Å². The van der Waals surface area contributed by atoms with Gasteiger partial charge in [-0.1, -0.05) is 69.3 Å². The summed E-state index contributed by atoms with van der Waals surface area (Å²) in [7, 11) is 0. The van der Waals surface area contributed by atoms with Crippen molar-refractivity contribution in [2.45, 2.75) is 51.6 Å². The highest BCUT2D eigenvalue weighted by Crippen LogP contribution is 2.65. The number of fused-ring (bicyclic) bond motifs is 3. The van der Waals surface area contributed by atoms with Gasteiger partial charge in [-0.25, -0.2) is 0 Å². The molecular weight excluding hydrogens is 294 g/mol. The van der Waals surface area contributed by atoms with Crippen LogP contribution in [-0.2, 0) is 16.8 Å². The van der Waals surface area contributed by atoms with Crippen LogP contribution in [0.2, 0.25) is 0 Å². The fourth-order valence-corrected chi connectivity index (χ4v) is 5.09. The Kier molecular flexibility index (Phi) is 3.04. The zero-order chi connectivity index (χ0) is 17.2. The summed E-state index contributed by atoms with van der Waals surface area (Å²) in [4.78, 5) is 15.4. The number of carbonyl (C=O) groups is 1. The first-order valence-corrected chi connectivity index (χ1v) is 8.77. The quantitative estimate of drug-likeness (QED) is 0.798. The minimum atomic E-state index is -0.379. The first-order chi connectivity index (χ1) is 11.3. The Morgan fingerprint density at radius 2 is 1.54 bits per heavy atom. The number of anilines is 1. The molecule has 4 rings (SSSR count). The van der Waals surface area contributed by atoms with Crippen LogP contribution in [0.1, 0.15) is 45.2 Å². The normalized spacial score (nSPS) is 30.3. The van der Waals surface area contributed by atoms with Crippen LogP contribution in [-0.4, -0.2) is 11.3 Å². The van der Waals surface area contributed by atoms with Gasteiger partial charge >= 0.3 is 0 Å². The van der Waals surface area contributed by atoms with Crippen molar-refractivity contribution < 1.29 is 4.79 Å². The van der Waals surface area contributed by atoms with Gasteiger partial charge in [-0.3, -0.25) is 4.79 Å². The predicted molar refractivity (Wildman–Crippen MR) is 98.2 cm³/mol.